The summed E-state index contributed by atoms with van der Waals surface area (Å²) in [4.78, 5) is 16.5. The maximum Gasteiger partial charge on any atom is 0.340 e. The van der Waals surface area contributed by atoms with Gasteiger partial charge in [0.05, 0.1) is 30.0 Å². The molecule has 2 aromatic carbocycles. The molecule has 0 fully saturated rings. The van der Waals surface area contributed by atoms with Gasteiger partial charge in [-0.1, -0.05) is 0 Å². The van der Waals surface area contributed by atoms with Crippen molar-refractivity contribution in [3.05, 3.63) is 82.3 Å². The van der Waals surface area contributed by atoms with Crippen LogP contribution in [0.1, 0.15) is 40.4 Å². The van der Waals surface area contributed by atoms with E-state index in [0.717, 1.165) is 6.07 Å². The van der Waals surface area contributed by atoms with Crippen molar-refractivity contribution in [3.63, 3.8) is 0 Å². The number of rotatable bonds is 8. The molecule has 5 nitrogen and oxygen atoms in total. The second-order valence-corrected chi connectivity index (χ2v) is 7.17. The molecule has 0 aliphatic rings. The second-order valence-electron chi connectivity index (χ2n) is 7.17. The molecular weight excluding hydrogens is 433 g/mol. The van der Waals surface area contributed by atoms with Crippen LogP contribution in [0.3, 0.4) is 0 Å². The number of carbonyl (C=O) groups is 1. The van der Waals surface area contributed by atoms with Gasteiger partial charge in [0.15, 0.2) is 17.5 Å². The van der Waals surface area contributed by atoms with Gasteiger partial charge in [-0.05, 0) is 74.2 Å². The molecule has 0 aliphatic heterocycles. The van der Waals surface area contributed by atoms with Gasteiger partial charge in [0.1, 0.15) is 11.8 Å². The van der Waals surface area contributed by atoms with E-state index in [4.69, 9.17) is 9.47 Å². The number of hydrogen-bond acceptors (Lipinski definition) is 5. The van der Waals surface area contributed by atoms with E-state index in [2.05, 4.69) is 11.1 Å². The third-order valence-corrected chi connectivity index (χ3v) is 5.04. The minimum Gasteiger partial charge on any atom is -0.492 e. The number of ether oxygens (including phenoxy) is 2. The van der Waals surface area contributed by atoms with Gasteiger partial charge in [-0.15, -0.1) is 0 Å². The Hall–Kier alpha value is -3.86. The predicted octanol–water partition coefficient (Wildman–Crippen LogP) is 5.53. The van der Waals surface area contributed by atoms with Crippen LogP contribution < -0.4 is 4.74 Å². The molecule has 0 aliphatic carbocycles. The summed E-state index contributed by atoms with van der Waals surface area (Å²) in [5.74, 6) is -4.09. The van der Waals surface area contributed by atoms with Crippen molar-refractivity contribution in [1.29, 1.82) is 5.26 Å². The van der Waals surface area contributed by atoms with Crippen LogP contribution in [0, 0.1) is 35.7 Å². The predicted molar refractivity (Wildman–Crippen MR) is 115 cm³/mol. The number of esters is 1. The summed E-state index contributed by atoms with van der Waals surface area (Å²) in [6, 6.07) is 11.1. The minimum atomic E-state index is -1.48. The van der Waals surface area contributed by atoms with E-state index in [9.17, 15) is 23.2 Å². The number of halogens is 3. The molecule has 0 radical (unpaired) electrons. The SMILES string of the molecule is CCOC(=O)c1cccnc1-c1ccc(OCCCc2cc(F)c(F)c(F)c2C)c(C#N)c1. The molecule has 0 bridgehead atoms. The Morgan fingerprint density at radius 3 is 2.67 bits per heavy atom. The third-order valence-electron chi connectivity index (χ3n) is 5.04. The summed E-state index contributed by atoms with van der Waals surface area (Å²) in [6.45, 7) is 3.49. The van der Waals surface area contributed by atoms with E-state index in [0.29, 0.717) is 29.0 Å². The summed E-state index contributed by atoms with van der Waals surface area (Å²) in [5.41, 5.74) is 1.87. The van der Waals surface area contributed by atoms with Crippen LogP contribution in [0.2, 0.25) is 0 Å². The molecule has 0 spiro atoms. The van der Waals surface area contributed by atoms with E-state index in [1.54, 1.807) is 37.3 Å². The fraction of sp³-hybridized carbons (Fsp3) is 0.240. The fourth-order valence-electron chi connectivity index (χ4n) is 3.34. The van der Waals surface area contributed by atoms with Gasteiger partial charge in [0.25, 0.3) is 0 Å². The van der Waals surface area contributed by atoms with E-state index >= 15 is 0 Å². The number of pyridine rings is 1. The zero-order valence-electron chi connectivity index (χ0n) is 18.1. The highest BCUT2D eigenvalue weighted by Gasteiger charge is 2.17. The molecule has 0 unspecified atom stereocenters. The molecule has 0 saturated carbocycles. The zero-order chi connectivity index (χ0) is 24.0. The van der Waals surface area contributed by atoms with Crippen molar-refractivity contribution in [2.24, 2.45) is 0 Å². The van der Waals surface area contributed by atoms with Crippen molar-refractivity contribution in [3.8, 4) is 23.1 Å². The molecule has 3 aromatic rings. The van der Waals surface area contributed by atoms with Gasteiger partial charge in [0.2, 0.25) is 0 Å². The van der Waals surface area contributed by atoms with E-state index in [-0.39, 0.29) is 36.3 Å². The molecule has 8 heteroatoms. The van der Waals surface area contributed by atoms with Gasteiger partial charge in [-0.2, -0.15) is 5.26 Å². The van der Waals surface area contributed by atoms with Crippen molar-refractivity contribution in [1.82, 2.24) is 4.98 Å². The largest absolute Gasteiger partial charge is 0.492 e. The topological polar surface area (TPSA) is 72.2 Å². The number of aryl methyl sites for hydroxylation is 1. The highest BCUT2D eigenvalue weighted by molar-refractivity contribution is 5.96. The van der Waals surface area contributed by atoms with E-state index in [1.807, 2.05) is 0 Å². The van der Waals surface area contributed by atoms with Crippen LogP contribution in [0.25, 0.3) is 11.3 Å². The van der Waals surface area contributed by atoms with Crippen LogP contribution in [0.15, 0.2) is 42.6 Å². The lowest BCUT2D eigenvalue weighted by atomic mass is 10.0. The summed E-state index contributed by atoms with van der Waals surface area (Å²) >= 11 is 0. The Morgan fingerprint density at radius 1 is 1.15 bits per heavy atom. The van der Waals surface area contributed by atoms with E-state index in [1.165, 1.54) is 13.1 Å². The first-order chi connectivity index (χ1) is 15.9. The molecule has 0 amide bonds. The fourth-order valence-corrected chi connectivity index (χ4v) is 3.34. The number of aromatic nitrogens is 1. The van der Waals surface area contributed by atoms with Crippen LogP contribution in [-0.4, -0.2) is 24.2 Å². The number of hydrogen-bond donors (Lipinski definition) is 0. The summed E-state index contributed by atoms with van der Waals surface area (Å²) in [5, 5.41) is 9.55. The Bertz CT molecular complexity index is 1220. The summed E-state index contributed by atoms with van der Waals surface area (Å²) < 4.78 is 51.2. The maximum atomic E-state index is 13.7. The second kappa shape index (κ2) is 10.6. The molecule has 1 heterocycles. The number of carbonyl (C=O) groups excluding carboxylic acids is 1. The van der Waals surface area contributed by atoms with Gasteiger partial charge >= 0.3 is 5.97 Å². The van der Waals surface area contributed by atoms with Gasteiger partial charge in [0, 0.05) is 11.8 Å². The van der Waals surface area contributed by atoms with Crippen molar-refractivity contribution < 1.29 is 27.4 Å². The van der Waals surface area contributed by atoms with Crippen LogP contribution in [0.5, 0.6) is 5.75 Å². The molecule has 3 rings (SSSR count). The average molecular weight is 454 g/mol. The first-order valence-corrected chi connectivity index (χ1v) is 10.3. The minimum absolute atomic E-state index is 0.0590. The quantitative estimate of drug-likeness (QED) is 0.254. The standard InChI is InChI=1S/C25H21F3N2O3/c1-3-32-25(31)19-7-4-10-30-24(19)17-8-9-21(18(12-17)14-29)33-11-5-6-16-13-20(26)23(28)22(27)15(16)2/h4,7-10,12-13H,3,5-6,11H2,1-2H3. The molecule has 170 valence electrons. The molecule has 0 saturated heterocycles. The summed E-state index contributed by atoms with van der Waals surface area (Å²) in [7, 11) is 0. The normalized spacial score (nSPS) is 10.5. The lowest BCUT2D eigenvalue weighted by Crippen LogP contribution is -2.07. The Kier molecular flexibility index (Phi) is 7.67. The maximum absolute atomic E-state index is 13.7. The Balaban J connectivity index is 1.72. The molecule has 0 atom stereocenters. The first-order valence-electron chi connectivity index (χ1n) is 10.3. The van der Waals surface area contributed by atoms with E-state index < -0.39 is 23.4 Å². The van der Waals surface area contributed by atoms with Gasteiger partial charge in [-0.3, -0.25) is 4.98 Å². The molecule has 33 heavy (non-hydrogen) atoms. The average Bonchev–Trinajstić information content (AvgIpc) is 2.83. The number of benzene rings is 2. The van der Waals surface area contributed by atoms with Gasteiger partial charge in [-0.25, -0.2) is 18.0 Å². The van der Waals surface area contributed by atoms with Crippen LogP contribution in [0.4, 0.5) is 13.2 Å². The Labute approximate surface area is 189 Å². The third kappa shape index (κ3) is 5.32. The molecule has 0 N–H and O–H groups in total. The van der Waals surface area contributed by atoms with Crippen molar-refractivity contribution in [2.75, 3.05) is 13.2 Å². The lowest BCUT2D eigenvalue weighted by molar-refractivity contribution is 0.0527. The number of nitriles is 1. The number of nitrogens with zero attached hydrogens (tertiary/aromatic N) is 2. The summed E-state index contributed by atoms with van der Waals surface area (Å²) in [6.07, 6.45) is 2.21. The van der Waals surface area contributed by atoms with Crippen LogP contribution in [-0.2, 0) is 11.2 Å². The highest BCUT2D eigenvalue weighted by atomic mass is 19.2. The van der Waals surface area contributed by atoms with Gasteiger partial charge < -0.3 is 9.47 Å². The lowest BCUT2D eigenvalue weighted by Gasteiger charge is -2.12. The van der Waals surface area contributed by atoms with Crippen molar-refractivity contribution in [2.45, 2.75) is 26.7 Å². The molecular formula is C25H21F3N2O3. The first kappa shape index (κ1) is 23.8. The Morgan fingerprint density at radius 2 is 1.94 bits per heavy atom. The van der Waals surface area contributed by atoms with Crippen LogP contribution >= 0.6 is 0 Å². The zero-order valence-corrected chi connectivity index (χ0v) is 18.1. The van der Waals surface area contributed by atoms with Crippen molar-refractivity contribution >= 4 is 5.97 Å². The smallest absolute Gasteiger partial charge is 0.340 e. The highest BCUT2D eigenvalue weighted by Crippen LogP contribution is 2.28. The molecule has 1 aromatic heterocycles. The monoisotopic (exact) mass is 454 g/mol.